The number of nitrogens with zero attached hydrogens (tertiary/aromatic N) is 2. The van der Waals surface area contributed by atoms with E-state index in [0.29, 0.717) is 19.0 Å². The summed E-state index contributed by atoms with van der Waals surface area (Å²) >= 11 is 0. The van der Waals surface area contributed by atoms with Gasteiger partial charge in [-0.2, -0.15) is 0 Å². The van der Waals surface area contributed by atoms with Gasteiger partial charge in [0.25, 0.3) is 0 Å². The first-order chi connectivity index (χ1) is 9.79. The summed E-state index contributed by atoms with van der Waals surface area (Å²) < 4.78 is 4.78. The van der Waals surface area contributed by atoms with Gasteiger partial charge in [-0.15, -0.1) is 0 Å². The van der Waals surface area contributed by atoms with Crippen LogP contribution < -0.4 is 5.32 Å². The zero-order valence-electron chi connectivity index (χ0n) is 11.7. The number of hydrogen-bond acceptors (Lipinski definition) is 4. The molecule has 1 aromatic carbocycles. The zero-order valence-corrected chi connectivity index (χ0v) is 11.7. The second-order valence-corrected chi connectivity index (χ2v) is 5.10. The highest BCUT2D eigenvalue weighted by molar-refractivity contribution is 6.03. The minimum Gasteiger partial charge on any atom is -0.452 e. The van der Waals surface area contributed by atoms with Crippen molar-refractivity contribution in [2.75, 3.05) is 25.5 Å². The van der Waals surface area contributed by atoms with Crippen LogP contribution in [0.3, 0.4) is 0 Å². The van der Waals surface area contributed by atoms with E-state index in [2.05, 4.69) is 28.5 Å². The molecule has 0 atom stereocenters. The molecule has 0 fully saturated rings. The zero-order chi connectivity index (χ0) is 13.9. The molecule has 1 aliphatic carbocycles. The van der Waals surface area contributed by atoms with Gasteiger partial charge in [0.2, 0.25) is 5.96 Å². The van der Waals surface area contributed by atoms with E-state index in [0.717, 1.165) is 18.5 Å². The molecule has 0 saturated carbocycles. The van der Waals surface area contributed by atoms with Gasteiger partial charge >= 0.3 is 6.09 Å². The Bertz CT molecular complexity index is 554. The van der Waals surface area contributed by atoms with Gasteiger partial charge in [-0.1, -0.05) is 12.1 Å². The summed E-state index contributed by atoms with van der Waals surface area (Å²) in [5.74, 6) is 0.593. The predicted molar refractivity (Wildman–Crippen MR) is 78.1 cm³/mol. The Balaban J connectivity index is 1.83. The van der Waals surface area contributed by atoms with E-state index in [-0.39, 0.29) is 6.09 Å². The maximum atomic E-state index is 11.7. The number of fused-ring (bicyclic) bond motifs is 1. The van der Waals surface area contributed by atoms with Crippen LogP contribution in [0.5, 0.6) is 0 Å². The summed E-state index contributed by atoms with van der Waals surface area (Å²) in [6, 6.07) is 6.30. The molecule has 0 spiro atoms. The number of amides is 1. The second kappa shape index (κ2) is 5.53. The Hall–Kier alpha value is -2.04. The Morgan fingerprint density at radius 3 is 3.05 bits per heavy atom. The van der Waals surface area contributed by atoms with Crippen molar-refractivity contribution in [2.45, 2.75) is 25.7 Å². The highest BCUT2D eigenvalue weighted by Gasteiger charge is 2.25. The van der Waals surface area contributed by atoms with Crippen LogP contribution in [0.15, 0.2) is 23.2 Å². The van der Waals surface area contributed by atoms with Gasteiger partial charge in [0.1, 0.15) is 0 Å². The van der Waals surface area contributed by atoms with E-state index in [1.54, 1.807) is 4.90 Å². The lowest BCUT2D eigenvalue weighted by atomic mass is 9.90. The molecule has 1 heterocycles. The number of methoxy groups -OCH3 is 1. The molecule has 5 nitrogen and oxygen atoms in total. The van der Waals surface area contributed by atoms with Crippen molar-refractivity contribution in [1.29, 1.82) is 0 Å². The third-order valence-corrected chi connectivity index (χ3v) is 3.88. The van der Waals surface area contributed by atoms with E-state index >= 15 is 0 Å². The fraction of sp³-hybridized carbons (Fsp3) is 0.467. The van der Waals surface area contributed by atoms with Crippen LogP contribution in [0.25, 0.3) is 0 Å². The van der Waals surface area contributed by atoms with Crippen LogP contribution in [-0.2, 0) is 17.6 Å². The van der Waals surface area contributed by atoms with Crippen molar-refractivity contribution < 1.29 is 9.53 Å². The molecule has 0 unspecified atom stereocenters. The predicted octanol–water partition coefficient (Wildman–Crippen LogP) is 2.42. The molecule has 0 radical (unpaired) electrons. The van der Waals surface area contributed by atoms with E-state index in [9.17, 15) is 4.79 Å². The SMILES string of the molecule is COC(=O)N1CCN=C1Nc1cccc2c1CCCC2. The quantitative estimate of drug-likeness (QED) is 0.855. The first kappa shape index (κ1) is 13.0. The lowest BCUT2D eigenvalue weighted by Gasteiger charge is -2.22. The minimum absolute atomic E-state index is 0.362. The average molecular weight is 273 g/mol. The summed E-state index contributed by atoms with van der Waals surface area (Å²) in [6.07, 6.45) is 4.34. The number of aryl methyl sites for hydroxylation is 1. The van der Waals surface area contributed by atoms with Gasteiger partial charge < -0.3 is 10.1 Å². The van der Waals surface area contributed by atoms with Gasteiger partial charge in [0.15, 0.2) is 0 Å². The highest BCUT2D eigenvalue weighted by Crippen LogP contribution is 2.28. The van der Waals surface area contributed by atoms with Crippen LogP contribution in [0.4, 0.5) is 10.5 Å². The minimum atomic E-state index is -0.362. The highest BCUT2D eigenvalue weighted by atomic mass is 16.5. The molecular formula is C15H19N3O2. The summed E-state index contributed by atoms with van der Waals surface area (Å²) in [7, 11) is 1.39. The number of rotatable bonds is 1. The Kier molecular flexibility index (Phi) is 3.58. The number of guanidine groups is 1. The monoisotopic (exact) mass is 273 g/mol. The molecule has 20 heavy (non-hydrogen) atoms. The molecule has 0 bridgehead atoms. The van der Waals surface area contributed by atoms with Crippen LogP contribution in [0.1, 0.15) is 24.0 Å². The number of carbonyl (C=O) groups is 1. The summed E-state index contributed by atoms with van der Waals surface area (Å²) in [5, 5.41) is 3.31. The number of aliphatic imine (C=N–C) groups is 1. The maximum absolute atomic E-state index is 11.7. The Morgan fingerprint density at radius 1 is 1.35 bits per heavy atom. The van der Waals surface area contributed by atoms with E-state index in [1.165, 1.54) is 31.1 Å². The van der Waals surface area contributed by atoms with Crippen LogP contribution in [0, 0.1) is 0 Å². The normalized spacial score (nSPS) is 17.4. The first-order valence-electron chi connectivity index (χ1n) is 7.07. The van der Waals surface area contributed by atoms with E-state index in [4.69, 9.17) is 4.74 Å². The lowest BCUT2D eigenvalue weighted by molar-refractivity contribution is 0.148. The summed E-state index contributed by atoms with van der Waals surface area (Å²) in [5.41, 5.74) is 3.83. The van der Waals surface area contributed by atoms with Crippen molar-refractivity contribution in [1.82, 2.24) is 4.90 Å². The molecule has 3 rings (SSSR count). The first-order valence-corrected chi connectivity index (χ1v) is 7.07. The number of benzene rings is 1. The third kappa shape index (κ3) is 2.35. The van der Waals surface area contributed by atoms with Crippen molar-refractivity contribution in [3.8, 4) is 0 Å². The number of carbonyl (C=O) groups excluding carboxylic acids is 1. The Labute approximate surface area is 118 Å². The fourth-order valence-electron chi connectivity index (χ4n) is 2.86. The molecule has 106 valence electrons. The molecular weight excluding hydrogens is 254 g/mol. The van der Waals surface area contributed by atoms with Gasteiger partial charge in [-0.05, 0) is 42.9 Å². The third-order valence-electron chi connectivity index (χ3n) is 3.88. The number of hydrogen-bond donors (Lipinski definition) is 1. The summed E-state index contributed by atoms with van der Waals surface area (Å²) in [6.45, 7) is 1.19. The van der Waals surface area contributed by atoms with Gasteiger partial charge in [0.05, 0.1) is 20.2 Å². The summed E-state index contributed by atoms with van der Waals surface area (Å²) in [4.78, 5) is 17.6. The molecule has 5 heteroatoms. The number of nitrogens with one attached hydrogen (secondary N) is 1. The topological polar surface area (TPSA) is 53.9 Å². The molecule has 1 amide bonds. The number of ether oxygens (including phenoxy) is 1. The Morgan fingerprint density at radius 2 is 2.20 bits per heavy atom. The van der Waals surface area contributed by atoms with Crippen LogP contribution >= 0.6 is 0 Å². The van der Waals surface area contributed by atoms with Gasteiger partial charge in [-0.3, -0.25) is 4.99 Å². The van der Waals surface area contributed by atoms with E-state index in [1.807, 2.05) is 0 Å². The average Bonchev–Trinajstić information content (AvgIpc) is 2.95. The number of anilines is 1. The molecule has 1 aliphatic heterocycles. The second-order valence-electron chi connectivity index (χ2n) is 5.10. The molecule has 1 aromatic rings. The van der Waals surface area contributed by atoms with Gasteiger partial charge in [-0.25, -0.2) is 9.69 Å². The largest absolute Gasteiger partial charge is 0.452 e. The fourth-order valence-corrected chi connectivity index (χ4v) is 2.86. The maximum Gasteiger partial charge on any atom is 0.416 e. The molecule has 0 aromatic heterocycles. The van der Waals surface area contributed by atoms with Crippen molar-refractivity contribution in [3.63, 3.8) is 0 Å². The van der Waals surface area contributed by atoms with Crippen molar-refractivity contribution in [2.24, 2.45) is 4.99 Å². The van der Waals surface area contributed by atoms with Crippen LogP contribution in [0.2, 0.25) is 0 Å². The molecule has 2 aliphatic rings. The van der Waals surface area contributed by atoms with Crippen LogP contribution in [-0.4, -0.2) is 37.2 Å². The van der Waals surface area contributed by atoms with E-state index < -0.39 is 0 Å². The smallest absolute Gasteiger partial charge is 0.416 e. The lowest BCUT2D eigenvalue weighted by Crippen LogP contribution is -2.38. The molecule has 1 N–H and O–H groups in total. The molecule has 0 saturated heterocycles. The van der Waals surface area contributed by atoms with Crippen molar-refractivity contribution >= 4 is 17.7 Å². The van der Waals surface area contributed by atoms with Crippen molar-refractivity contribution in [3.05, 3.63) is 29.3 Å². The van der Waals surface area contributed by atoms with Gasteiger partial charge in [0, 0.05) is 5.69 Å². The standard InChI is InChI=1S/C15H19N3O2/c1-20-15(19)18-10-9-16-14(18)17-13-8-4-6-11-5-2-3-7-12(11)13/h4,6,8H,2-3,5,7,9-10H2,1H3,(H,16,17).